The second-order valence-corrected chi connectivity index (χ2v) is 9.29. The van der Waals surface area contributed by atoms with Gasteiger partial charge in [0.25, 0.3) is 0 Å². The molecule has 5 heteroatoms. The quantitative estimate of drug-likeness (QED) is 0.821. The number of anilines is 1. The van der Waals surface area contributed by atoms with Crippen molar-refractivity contribution in [3.63, 3.8) is 0 Å². The van der Waals surface area contributed by atoms with Gasteiger partial charge in [-0.15, -0.1) is 0 Å². The normalized spacial score (nSPS) is 27.5. The van der Waals surface area contributed by atoms with Crippen molar-refractivity contribution in [2.75, 3.05) is 44.2 Å². The van der Waals surface area contributed by atoms with E-state index in [0.29, 0.717) is 24.5 Å². The Kier molecular flexibility index (Phi) is 6.77. The van der Waals surface area contributed by atoms with E-state index >= 15 is 0 Å². The molecule has 152 valence electrons. The van der Waals surface area contributed by atoms with Crippen LogP contribution >= 0.6 is 0 Å². The molecule has 0 spiro atoms. The van der Waals surface area contributed by atoms with Crippen LogP contribution in [0.3, 0.4) is 0 Å². The van der Waals surface area contributed by atoms with E-state index in [1.54, 1.807) is 0 Å². The minimum absolute atomic E-state index is 0.198. The molecule has 4 nitrogen and oxygen atoms in total. The van der Waals surface area contributed by atoms with Crippen molar-refractivity contribution < 1.29 is 14.2 Å². The number of aliphatic hydroxyl groups is 1. The average Bonchev–Trinajstić information content (AvgIpc) is 2.60. The zero-order chi connectivity index (χ0) is 19.4. The van der Waals surface area contributed by atoms with E-state index in [4.69, 9.17) is 4.74 Å². The first-order valence-corrected chi connectivity index (χ1v) is 10.3. The van der Waals surface area contributed by atoms with Gasteiger partial charge >= 0.3 is 0 Å². The summed E-state index contributed by atoms with van der Waals surface area (Å²) in [5, 5.41) is 10.4. The summed E-state index contributed by atoms with van der Waals surface area (Å²) < 4.78 is 19.1. The monoisotopic (exact) mass is 378 g/mol. The highest BCUT2D eigenvalue weighted by Crippen LogP contribution is 2.39. The summed E-state index contributed by atoms with van der Waals surface area (Å²) in [5.74, 6) is 0.492. The van der Waals surface area contributed by atoms with Crippen molar-refractivity contribution in [3.05, 3.63) is 30.1 Å². The Morgan fingerprint density at radius 3 is 2.44 bits per heavy atom. The molecule has 1 aromatic rings. The molecule has 1 aliphatic heterocycles. The molecule has 1 heterocycles. The van der Waals surface area contributed by atoms with E-state index in [0.717, 1.165) is 44.7 Å². The topological polar surface area (TPSA) is 35.9 Å². The average molecular weight is 379 g/mol. The minimum atomic E-state index is -0.442. The van der Waals surface area contributed by atoms with Gasteiger partial charge in [0.05, 0.1) is 18.8 Å². The molecule has 0 bridgehead atoms. The van der Waals surface area contributed by atoms with E-state index in [9.17, 15) is 9.50 Å². The maximum atomic E-state index is 13.1. The van der Waals surface area contributed by atoms with E-state index in [2.05, 4.69) is 30.6 Å². The number of hydrogen-bond acceptors (Lipinski definition) is 4. The maximum Gasteiger partial charge on any atom is 0.123 e. The van der Waals surface area contributed by atoms with Crippen LogP contribution in [0.5, 0.6) is 0 Å². The first-order chi connectivity index (χ1) is 12.8. The molecule has 27 heavy (non-hydrogen) atoms. The maximum absolute atomic E-state index is 13.1. The third-order valence-corrected chi connectivity index (χ3v) is 5.90. The number of halogens is 1. The fraction of sp³-hybridized carbons (Fsp3) is 0.727. The zero-order valence-electron chi connectivity index (χ0n) is 17.0. The van der Waals surface area contributed by atoms with Crippen molar-refractivity contribution >= 4 is 5.69 Å². The number of β-amino-alcohol motifs (C(OH)–C–C–N with tert-alkyl or cyclic N) is 1. The number of nitrogens with zero attached hydrogens (tertiary/aromatic N) is 2. The number of piperazine rings is 1. The summed E-state index contributed by atoms with van der Waals surface area (Å²) in [6.07, 6.45) is 3.28. The summed E-state index contributed by atoms with van der Waals surface area (Å²) >= 11 is 0. The molecule has 1 saturated heterocycles. The van der Waals surface area contributed by atoms with Crippen LogP contribution in [0.25, 0.3) is 0 Å². The molecule has 2 aliphatic rings. The summed E-state index contributed by atoms with van der Waals surface area (Å²) in [5.41, 5.74) is 1.40. The first kappa shape index (κ1) is 20.6. The lowest BCUT2D eigenvalue weighted by Crippen LogP contribution is -2.49. The largest absolute Gasteiger partial charge is 0.389 e. The van der Waals surface area contributed by atoms with Crippen LogP contribution in [0.2, 0.25) is 0 Å². The SMILES string of the molecule is C[C@H]1C[C@H](OC[C@@H](O)CN2CCN(c3ccc(F)cc3)CC2)CC(C)(C)C1. The molecule has 3 rings (SSSR count). The van der Waals surface area contributed by atoms with Gasteiger partial charge in [-0.3, -0.25) is 4.90 Å². The number of ether oxygens (including phenoxy) is 1. The lowest BCUT2D eigenvalue weighted by atomic mass is 9.71. The second kappa shape index (κ2) is 8.89. The minimum Gasteiger partial charge on any atom is -0.389 e. The number of aliphatic hydroxyl groups excluding tert-OH is 1. The van der Waals surface area contributed by atoms with Crippen molar-refractivity contribution in [1.82, 2.24) is 4.90 Å². The van der Waals surface area contributed by atoms with Gasteiger partial charge in [0.2, 0.25) is 0 Å². The molecule has 0 amide bonds. The third-order valence-electron chi connectivity index (χ3n) is 5.90. The lowest BCUT2D eigenvalue weighted by molar-refractivity contribution is -0.0615. The van der Waals surface area contributed by atoms with Crippen LogP contribution in [0.15, 0.2) is 24.3 Å². The summed E-state index contributed by atoms with van der Waals surface area (Å²) in [6.45, 7) is 11.6. The van der Waals surface area contributed by atoms with Gasteiger partial charge in [0.15, 0.2) is 0 Å². The van der Waals surface area contributed by atoms with E-state index in [1.807, 2.05) is 12.1 Å². The van der Waals surface area contributed by atoms with Gasteiger partial charge in [-0.2, -0.15) is 0 Å². The second-order valence-electron chi connectivity index (χ2n) is 9.29. The Morgan fingerprint density at radius 1 is 1.15 bits per heavy atom. The Morgan fingerprint density at radius 2 is 1.81 bits per heavy atom. The highest BCUT2D eigenvalue weighted by Gasteiger charge is 2.32. The van der Waals surface area contributed by atoms with E-state index in [1.165, 1.54) is 18.6 Å². The number of hydrogen-bond donors (Lipinski definition) is 1. The van der Waals surface area contributed by atoms with Crippen LogP contribution in [0.1, 0.15) is 40.0 Å². The Hall–Kier alpha value is -1.17. The zero-order valence-corrected chi connectivity index (χ0v) is 17.0. The van der Waals surface area contributed by atoms with Gasteiger partial charge < -0.3 is 14.7 Å². The fourth-order valence-corrected chi connectivity index (χ4v) is 4.82. The van der Waals surface area contributed by atoms with Crippen LogP contribution in [0.4, 0.5) is 10.1 Å². The molecular formula is C22H35FN2O2. The van der Waals surface area contributed by atoms with Crippen LogP contribution < -0.4 is 4.90 Å². The molecular weight excluding hydrogens is 343 g/mol. The van der Waals surface area contributed by atoms with Gasteiger partial charge in [-0.1, -0.05) is 20.8 Å². The van der Waals surface area contributed by atoms with Crippen molar-refractivity contribution in [3.8, 4) is 0 Å². The Balaban J connectivity index is 1.38. The molecule has 3 atom stereocenters. The third kappa shape index (κ3) is 6.16. The van der Waals surface area contributed by atoms with Gasteiger partial charge in [-0.05, 0) is 54.9 Å². The molecule has 1 saturated carbocycles. The smallest absolute Gasteiger partial charge is 0.123 e. The standard InChI is InChI=1S/C22H35FN2O2/c1-17-12-21(14-22(2,3)13-17)27-16-20(26)15-24-8-10-25(11-9-24)19-6-4-18(23)5-7-19/h4-7,17,20-21,26H,8-16H2,1-3H3/t17-,20-,21-/m0/s1. The van der Waals surface area contributed by atoms with Crippen LogP contribution in [0, 0.1) is 17.2 Å². The fourth-order valence-electron chi connectivity index (χ4n) is 4.82. The van der Waals surface area contributed by atoms with Gasteiger partial charge in [-0.25, -0.2) is 4.39 Å². The Labute approximate surface area is 163 Å². The highest BCUT2D eigenvalue weighted by atomic mass is 19.1. The molecule has 0 aromatic heterocycles. The summed E-state index contributed by atoms with van der Waals surface area (Å²) in [4.78, 5) is 4.56. The predicted molar refractivity (Wildman–Crippen MR) is 108 cm³/mol. The van der Waals surface area contributed by atoms with Gasteiger partial charge in [0, 0.05) is 38.4 Å². The number of benzene rings is 1. The Bertz CT molecular complexity index is 584. The molecule has 1 aliphatic carbocycles. The van der Waals surface area contributed by atoms with Crippen molar-refractivity contribution in [2.45, 2.75) is 52.2 Å². The van der Waals surface area contributed by atoms with E-state index < -0.39 is 6.10 Å². The van der Waals surface area contributed by atoms with Crippen LogP contribution in [-0.2, 0) is 4.74 Å². The van der Waals surface area contributed by atoms with Gasteiger partial charge in [0.1, 0.15) is 5.82 Å². The molecule has 0 radical (unpaired) electrons. The highest BCUT2D eigenvalue weighted by molar-refractivity contribution is 5.46. The lowest BCUT2D eigenvalue weighted by Gasteiger charge is -2.39. The summed E-state index contributed by atoms with van der Waals surface area (Å²) in [7, 11) is 0. The predicted octanol–water partition coefficient (Wildman–Crippen LogP) is 3.54. The van der Waals surface area contributed by atoms with Crippen molar-refractivity contribution in [2.24, 2.45) is 11.3 Å². The molecule has 2 fully saturated rings. The molecule has 1 N–H and O–H groups in total. The van der Waals surface area contributed by atoms with Crippen LogP contribution in [-0.4, -0.2) is 61.5 Å². The van der Waals surface area contributed by atoms with Crippen molar-refractivity contribution in [1.29, 1.82) is 0 Å². The number of rotatable bonds is 6. The van der Waals surface area contributed by atoms with E-state index in [-0.39, 0.29) is 11.9 Å². The summed E-state index contributed by atoms with van der Waals surface area (Å²) in [6, 6.07) is 6.69. The molecule has 0 unspecified atom stereocenters. The molecule has 1 aromatic carbocycles. The first-order valence-electron chi connectivity index (χ1n) is 10.3.